The monoisotopic (exact) mass is 338 g/mol. The molecule has 0 saturated heterocycles. The molecule has 1 heterocycles. The van der Waals surface area contributed by atoms with E-state index in [0.29, 0.717) is 13.1 Å². The van der Waals surface area contributed by atoms with E-state index in [-0.39, 0.29) is 11.9 Å². The number of carbonyl (C=O) groups is 1. The van der Waals surface area contributed by atoms with Gasteiger partial charge in [0.05, 0.1) is 12.6 Å². The van der Waals surface area contributed by atoms with Crippen molar-refractivity contribution in [1.29, 1.82) is 0 Å². The predicted octanol–water partition coefficient (Wildman–Crippen LogP) is 2.16. The highest BCUT2D eigenvalue weighted by Gasteiger charge is 2.18. The summed E-state index contributed by atoms with van der Waals surface area (Å²) in [4.78, 5) is 11.8. The average molecular weight is 339 g/mol. The molecular weight excluding hydrogens is 320 g/mol. The summed E-state index contributed by atoms with van der Waals surface area (Å²) in [6.45, 7) is 7.24. The first kappa shape index (κ1) is 15.1. The van der Waals surface area contributed by atoms with Gasteiger partial charge in [0, 0.05) is 29.5 Å². The molecule has 20 heavy (non-hydrogen) atoms. The first-order chi connectivity index (χ1) is 9.61. The van der Waals surface area contributed by atoms with Crippen molar-refractivity contribution in [3.8, 4) is 5.75 Å². The highest BCUT2D eigenvalue weighted by Crippen LogP contribution is 2.32. The summed E-state index contributed by atoms with van der Waals surface area (Å²) >= 11 is 3.51. The largest absolute Gasteiger partial charge is 0.493 e. The molecule has 1 aromatic carbocycles. The van der Waals surface area contributed by atoms with Gasteiger partial charge in [-0.25, -0.2) is 0 Å². The van der Waals surface area contributed by atoms with Crippen LogP contribution in [0.25, 0.3) is 0 Å². The molecule has 1 aromatic rings. The molecule has 0 spiro atoms. The van der Waals surface area contributed by atoms with Gasteiger partial charge >= 0.3 is 0 Å². The number of halogens is 1. The van der Waals surface area contributed by atoms with Crippen molar-refractivity contribution in [3.63, 3.8) is 0 Å². The molecule has 0 aliphatic carbocycles. The van der Waals surface area contributed by atoms with Crippen LogP contribution in [0, 0.1) is 0 Å². The van der Waals surface area contributed by atoms with Crippen LogP contribution < -0.4 is 15.4 Å². The van der Waals surface area contributed by atoms with E-state index >= 15 is 0 Å². The molecule has 108 valence electrons. The van der Waals surface area contributed by atoms with E-state index < -0.39 is 0 Å². The van der Waals surface area contributed by atoms with Crippen LogP contribution in [0.4, 0.5) is 0 Å². The number of hydrogen-bond acceptors (Lipinski definition) is 3. The van der Waals surface area contributed by atoms with Gasteiger partial charge in [0.1, 0.15) is 5.75 Å². The van der Waals surface area contributed by atoms with Crippen LogP contribution in [-0.4, -0.2) is 25.1 Å². The highest BCUT2D eigenvalue weighted by molar-refractivity contribution is 9.10. The Morgan fingerprint density at radius 2 is 2.40 bits per heavy atom. The molecule has 2 rings (SSSR count). The minimum absolute atomic E-state index is 0.0301. The smallest absolute Gasteiger partial charge is 0.237 e. The van der Waals surface area contributed by atoms with Gasteiger partial charge in [-0.1, -0.05) is 22.0 Å². The lowest BCUT2D eigenvalue weighted by atomic mass is 10.1. The van der Waals surface area contributed by atoms with E-state index in [9.17, 15) is 4.79 Å². The second-order valence-corrected chi connectivity index (χ2v) is 5.70. The quantitative estimate of drug-likeness (QED) is 0.781. The zero-order chi connectivity index (χ0) is 14.5. The summed E-state index contributed by atoms with van der Waals surface area (Å²) in [6.07, 6.45) is 2.61. The normalized spacial score (nSPS) is 14.3. The van der Waals surface area contributed by atoms with Gasteiger partial charge in [-0.15, -0.1) is 6.58 Å². The SMILES string of the molecule is C=CCNC(=O)C(C)NCc1cc(Br)cc2c1OCC2. The first-order valence-electron chi connectivity index (χ1n) is 6.68. The molecule has 2 N–H and O–H groups in total. The molecule has 0 radical (unpaired) electrons. The Bertz CT molecular complexity index is 517. The fraction of sp³-hybridized carbons (Fsp3) is 0.400. The molecule has 1 unspecified atom stereocenters. The Hall–Kier alpha value is -1.33. The molecule has 1 aliphatic heterocycles. The lowest BCUT2D eigenvalue weighted by Crippen LogP contribution is -2.41. The minimum Gasteiger partial charge on any atom is -0.493 e. The lowest BCUT2D eigenvalue weighted by Gasteiger charge is -2.15. The van der Waals surface area contributed by atoms with Crippen LogP contribution in [0.15, 0.2) is 29.3 Å². The van der Waals surface area contributed by atoms with Gasteiger partial charge in [0.2, 0.25) is 5.91 Å². The van der Waals surface area contributed by atoms with E-state index in [1.165, 1.54) is 5.56 Å². The molecule has 0 aromatic heterocycles. The topological polar surface area (TPSA) is 50.4 Å². The molecule has 1 amide bonds. The number of fused-ring (bicyclic) bond motifs is 1. The van der Waals surface area contributed by atoms with Gasteiger partial charge < -0.3 is 15.4 Å². The third kappa shape index (κ3) is 3.61. The van der Waals surface area contributed by atoms with Crippen molar-refractivity contribution >= 4 is 21.8 Å². The van der Waals surface area contributed by atoms with E-state index in [1.54, 1.807) is 6.08 Å². The van der Waals surface area contributed by atoms with Crippen LogP contribution in [0.1, 0.15) is 18.1 Å². The van der Waals surface area contributed by atoms with Crippen LogP contribution in [0.2, 0.25) is 0 Å². The van der Waals surface area contributed by atoms with Crippen molar-refractivity contribution in [2.75, 3.05) is 13.2 Å². The van der Waals surface area contributed by atoms with Crippen LogP contribution in [-0.2, 0) is 17.8 Å². The maximum absolute atomic E-state index is 11.8. The zero-order valence-electron chi connectivity index (χ0n) is 11.5. The molecule has 5 heteroatoms. The number of hydrogen-bond donors (Lipinski definition) is 2. The first-order valence-corrected chi connectivity index (χ1v) is 7.47. The number of benzene rings is 1. The Morgan fingerprint density at radius 1 is 1.60 bits per heavy atom. The maximum atomic E-state index is 11.8. The van der Waals surface area contributed by atoms with Crippen molar-refractivity contribution < 1.29 is 9.53 Å². The molecule has 1 atom stereocenters. The summed E-state index contributed by atoms with van der Waals surface area (Å²) in [5, 5.41) is 5.99. The minimum atomic E-state index is -0.258. The second kappa shape index (κ2) is 6.90. The fourth-order valence-corrected chi connectivity index (χ4v) is 2.71. The van der Waals surface area contributed by atoms with Crippen LogP contribution in [0.5, 0.6) is 5.75 Å². The van der Waals surface area contributed by atoms with E-state index in [1.807, 2.05) is 13.0 Å². The van der Waals surface area contributed by atoms with Crippen molar-refractivity contribution in [3.05, 3.63) is 40.4 Å². The van der Waals surface area contributed by atoms with Gasteiger partial charge in [-0.3, -0.25) is 4.79 Å². The number of ether oxygens (including phenoxy) is 1. The Morgan fingerprint density at radius 3 is 3.15 bits per heavy atom. The van der Waals surface area contributed by atoms with Crippen molar-refractivity contribution in [1.82, 2.24) is 10.6 Å². The lowest BCUT2D eigenvalue weighted by molar-refractivity contribution is -0.122. The highest BCUT2D eigenvalue weighted by atomic mass is 79.9. The third-order valence-electron chi connectivity index (χ3n) is 3.24. The van der Waals surface area contributed by atoms with Gasteiger partial charge in [0.25, 0.3) is 0 Å². The van der Waals surface area contributed by atoms with Crippen molar-refractivity contribution in [2.24, 2.45) is 0 Å². The number of rotatable bonds is 6. The maximum Gasteiger partial charge on any atom is 0.237 e. The Kier molecular flexibility index (Phi) is 5.20. The predicted molar refractivity (Wildman–Crippen MR) is 82.8 cm³/mol. The molecule has 0 bridgehead atoms. The van der Waals surface area contributed by atoms with Crippen molar-refractivity contribution in [2.45, 2.75) is 25.9 Å². The standard InChI is InChI=1S/C15H19BrN2O2/c1-3-5-17-15(19)10(2)18-9-12-8-13(16)7-11-4-6-20-14(11)12/h3,7-8,10,18H,1,4-6,9H2,2H3,(H,17,19). The summed E-state index contributed by atoms with van der Waals surface area (Å²) < 4.78 is 6.71. The summed E-state index contributed by atoms with van der Waals surface area (Å²) in [6, 6.07) is 3.86. The summed E-state index contributed by atoms with van der Waals surface area (Å²) in [5.41, 5.74) is 2.30. The Labute approximate surface area is 127 Å². The molecule has 1 aliphatic rings. The van der Waals surface area contributed by atoms with Gasteiger partial charge in [-0.2, -0.15) is 0 Å². The number of amides is 1. The Balaban J connectivity index is 1.97. The van der Waals surface area contributed by atoms with Crippen LogP contribution in [0.3, 0.4) is 0 Å². The molecule has 0 fully saturated rings. The van der Waals surface area contributed by atoms with Gasteiger partial charge in [-0.05, 0) is 24.6 Å². The molecular formula is C15H19BrN2O2. The summed E-state index contributed by atoms with van der Waals surface area (Å²) in [5.74, 6) is 0.928. The average Bonchev–Trinajstić information content (AvgIpc) is 2.89. The summed E-state index contributed by atoms with van der Waals surface area (Å²) in [7, 11) is 0. The zero-order valence-corrected chi connectivity index (χ0v) is 13.1. The van der Waals surface area contributed by atoms with E-state index in [0.717, 1.165) is 28.8 Å². The third-order valence-corrected chi connectivity index (χ3v) is 3.70. The van der Waals surface area contributed by atoms with Crippen LogP contribution >= 0.6 is 15.9 Å². The molecule has 4 nitrogen and oxygen atoms in total. The second-order valence-electron chi connectivity index (χ2n) is 4.79. The molecule has 0 saturated carbocycles. The number of nitrogens with one attached hydrogen (secondary N) is 2. The van der Waals surface area contributed by atoms with Gasteiger partial charge in [0.15, 0.2) is 0 Å². The van der Waals surface area contributed by atoms with E-state index in [4.69, 9.17) is 4.74 Å². The number of carbonyl (C=O) groups excluding carboxylic acids is 1. The van der Waals surface area contributed by atoms with E-state index in [2.05, 4.69) is 39.2 Å². The fourth-order valence-electron chi connectivity index (χ4n) is 2.16.